The van der Waals surface area contributed by atoms with Crippen LogP contribution in [0.1, 0.15) is 21.8 Å². The zero-order valence-electron chi connectivity index (χ0n) is 14.9. The van der Waals surface area contributed by atoms with Crippen molar-refractivity contribution in [3.8, 4) is 5.69 Å². The second kappa shape index (κ2) is 6.93. The van der Waals surface area contributed by atoms with E-state index in [0.717, 1.165) is 16.1 Å². The van der Waals surface area contributed by atoms with Crippen molar-refractivity contribution < 1.29 is 4.39 Å². The number of hydrogen-bond acceptors (Lipinski definition) is 3. The van der Waals surface area contributed by atoms with Gasteiger partial charge in [0.2, 0.25) is 0 Å². The lowest BCUT2D eigenvalue weighted by Crippen LogP contribution is -2.23. The van der Waals surface area contributed by atoms with Gasteiger partial charge in [-0.1, -0.05) is 36.4 Å². The Labute approximate surface area is 160 Å². The fraction of sp³-hybridized carbons (Fsp3) is 0.0909. The van der Waals surface area contributed by atoms with Gasteiger partial charge in [-0.15, -0.1) is 11.3 Å². The number of aryl methyl sites for hydroxylation is 2. The van der Waals surface area contributed by atoms with Crippen LogP contribution in [0.5, 0.6) is 0 Å². The molecular formula is C22H17FN2OS. The molecule has 3 nitrogen and oxygen atoms in total. The lowest BCUT2D eigenvalue weighted by atomic mass is 10.1. The molecule has 0 atom stereocenters. The van der Waals surface area contributed by atoms with Crippen molar-refractivity contribution in [2.75, 3.05) is 0 Å². The molecular weight excluding hydrogens is 359 g/mol. The predicted molar refractivity (Wildman–Crippen MR) is 110 cm³/mol. The van der Waals surface area contributed by atoms with E-state index < -0.39 is 0 Å². The highest BCUT2D eigenvalue weighted by Gasteiger charge is 2.15. The number of para-hydroxylation sites is 1. The van der Waals surface area contributed by atoms with Crippen LogP contribution in [-0.2, 0) is 0 Å². The van der Waals surface area contributed by atoms with E-state index in [1.165, 1.54) is 17.4 Å². The molecule has 0 aliphatic carbocycles. The van der Waals surface area contributed by atoms with Crippen LogP contribution in [0.15, 0.2) is 58.7 Å². The number of nitrogens with zero attached hydrogens (tertiary/aromatic N) is 2. The minimum Gasteiger partial charge on any atom is -0.268 e. The van der Waals surface area contributed by atoms with E-state index in [1.54, 1.807) is 34.9 Å². The van der Waals surface area contributed by atoms with Crippen molar-refractivity contribution in [2.24, 2.45) is 0 Å². The quantitative estimate of drug-likeness (QED) is 0.482. The van der Waals surface area contributed by atoms with E-state index in [-0.39, 0.29) is 11.4 Å². The maximum absolute atomic E-state index is 14.0. The lowest BCUT2D eigenvalue weighted by Gasteiger charge is -2.13. The van der Waals surface area contributed by atoms with Gasteiger partial charge in [-0.25, -0.2) is 9.37 Å². The third-order valence-electron chi connectivity index (χ3n) is 4.51. The van der Waals surface area contributed by atoms with Gasteiger partial charge >= 0.3 is 0 Å². The van der Waals surface area contributed by atoms with Crippen LogP contribution in [0.25, 0.3) is 28.7 Å². The summed E-state index contributed by atoms with van der Waals surface area (Å²) in [6, 6.07) is 14.2. The Kier molecular flexibility index (Phi) is 4.46. The van der Waals surface area contributed by atoms with Gasteiger partial charge in [0.15, 0.2) is 0 Å². The van der Waals surface area contributed by atoms with E-state index in [1.807, 2.05) is 43.5 Å². The third kappa shape index (κ3) is 3.11. The Bertz CT molecular complexity index is 1240. The van der Waals surface area contributed by atoms with E-state index in [2.05, 4.69) is 4.98 Å². The number of aromatic nitrogens is 2. The zero-order valence-corrected chi connectivity index (χ0v) is 15.8. The number of hydrogen-bond donors (Lipinski definition) is 0. The lowest BCUT2D eigenvalue weighted by molar-refractivity contribution is 0.625. The summed E-state index contributed by atoms with van der Waals surface area (Å²) in [5.41, 5.74) is 2.75. The van der Waals surface area contributed by atoms with E-state index in [4.69, 9.17) is 0 Å². The summed E-state index contributed by atoms with van der Waals surface area (Å²) >= 11 is 1.51. The molecule has 4 rings (SSSR count). The summed E-state index contributed by atoms with van der Waals surface area (Å²) in [6.45, 7) is 3.88. The minimum absolute atomic E-state index is 0.110. The Balaban J connectivity index is 1.99. The molecule has 2 aromatic heterocycles. The zero-order chi connectivity index (χ0) is 19.0. The van der Waals surface area contributed by atoms with Crippen molar-refractivity contribution in [1.29, 1.82) is 0 Å². The Hall–Kier alpha value is -3.05. The SMILES string of the molecule is Cc1ccccc1-n1c(/C=C/c2ccccc2F)nc2csc(C)c2c1=O. The fourth-order valence-electron chi connectivity index (χ4n) is 3.11. The maximum Gasteiger partial charge on any atom is 0.267 e. The normalized spacial score (nSPS) is 11.5. The molecule has 0 N–H and O–H groups in total. The van der Waals surface area contributed by atoms with Crippen molar-refractivity contribution in [3.05, 3.63) is 91.9 Å². The Morgan fingerprint density at radius 2 is 1.78 bits per heavy atom. The number of halogens is 1. The standard InChI is InChI=1S/C22H17FN2OS/c1-14-7-3-6-10-19(14)25-20(12-11-16-8-4-5-9-17(16)23)24-18-13-27-15(2)21(18)22(25)26/h3-13H,1-2H3/b12-11+. The largest absolute Gasteiger partial charge is 0.268 e. The van der Waals surface area contributed by atoms with Crippen molar-refractivity contribution in [3.63, 3.8) is 0 Å². The molecule has 5 heteroatoms. The molecule has 0 bridgehead atoms. The van der Waals surface area contributed by atoms with Gasteiger partial charge in [0.1, 0.15) is 11.6 Å². The average Bonchev–Trinajstić information content (AvgIpc) is 3.03. The van der Waals surface area contributed by atoms with Crippen LogP contribution in [0.3, 0.4) is 0 Å². The average molecular weight is 376 g/mol. The van der Waals surface area contributed by atoms with E-state index in [0.29, 0.717) is 22.3 Å². The first-order chi connectivity index (χ1) is 13.1. The van der Waals surface area contributed by atoms with E-state index >= 15 is 0 Å². The van der Waals surface area contributed by atoms with Gasteiger partial charge in [0.25, 0.3) is 5.56 Å². The first-order valence-corrected chi connectivity index (χ1v) is 9.43. The van der Waals surface area contributed by atoms with Crippen molar-refractivity contribution >= 4 is 34.4 Å². The van der Waals surface area contributed by atoms with Gasteiger partial charge < -0.3 is 0 Å². The second-order valence-electron chi connectivity index (χ2n) is 6.30. The number of benzene rings is 2. The molecule has 0 radical (unpaired) electrons. The first-order valence-electron chi connectivity index (χ1n) is 8.56. The monoisotopic (exact) mass is 376 g/mol. The number of thiophene rings is 1. The highest BCUT2D eigenvalue weighted by Crippen LogP contribution is 2.23. The van der Waals surface area contributed by atoms with Crippen molar-refractivity contribution in [2.45, 2.75) is 13.8 Å². The van der Waals surface area contributed by atoms with Crippen LogP contribution in [-0.4, -0.2) is 9.55 Å². The smallest absolute Gasteiger partial charge is 0.267 e. The van der Waals surface area contributed by atoms with Gasteiger partial charge in [-0.3, -0.25) is 9.36 Å². The van der Waals surface area contributed by atoms with Crippen molar-refractivity contribution in [1.82, 2.24) is 9.55 Å². The Morgan fingerprint density at radius 3 is 2.56 bits per heavy atom. The molecule has 2 aromatic carbocycles. The topological polar surface area (TPSA) is 34.9 Å². The summed E-state index contributed by atoms with van der Waals surface area (Å²) in [4.78, 5) is 18.9. The Morgan fingerprint density at radius 1 is 1.04 bits per heavy atom. The summed E-state index contributed by atoms with van der Waals surface area (Å²) in [6.07, 6.45) is 3.34. The molecule has 0 aliphatic rings. The number of fused-ring (bicyclic) bond motifs is 1. The molecule has 0 amide bonds. The molecule has 0 saturated carbocycles. The molecule has 2 heterocycles. The van der Waals surface area contributed by atoms with Gasteiger partial charge in [-0.05, 0) is 43.7 Å². The first kappa shape index (κ1) is 17.4. The predicted octanol–water partition coefficient (Wildman–Crippen LogP) is 5.37. The second-order valence-corrected chi connectivity index (χ2v) is 7.39. The molecule has 0 aliphatic heterocycles. The summed E-state index contributed by atoms with van der Waals surface area (Å²) in [7, 11) is 0. The third-order valence-corrected chi connectivity index (χ3v) is 5.41. The highest BCUT2D eigenvalue weighted by molar-refractivity contribution is 7.11. The van der Waals surface area contributed by atoms with E-state index in [9.17, 15) is 9.18 Å². The van der Waals surface area contributed by atoms with Crippen LogP contribution < -0.4 is 5.56 Å². The molecule has 0 spiro atoms. The van der Waals surface area contributed by atoms with Crippen LogP contribution in [0.2, 0.25) is 0 Å². The summed E-state index contributed by atoms with van der Waals surface area (Å²) in [5, 5.41) is 2.51. The number of rotatable bonds is 3. The molecule has 0 fully saturated rings. The molecule has 134 valence electrons. The molecule has 0 saturated heterocycles. The molecule has 4 aromatic rings. The molecule has 0 unspecified atom stereocenters. The van der Waals surface area contributed by atoms with Crippen LogP contribution in [0, 0.1) is 19.7 Å². The van der Waals surface area contributed by atoms with Gasteiger partial charge in [0.05, 0.1) is 16.6 Å². The fourth-order valence-corrected chi connectivity index (χ4v) is 3.88. The van der Waals surface area contributed by atoms with Crippen LogP contribution in [0.4, 0.5) is 4.39 Å². The molecule has 27 heavy (non-hydrogen) atoms. The minimum atomic E-state index is -0.314. The summed E-state index contributed by atoms with van der Waals surface area (Å²) < 4.78 is 15.6. The summed E-state index contributed by atoms with van der Waals surface area (Å²) in [5.74, 6) is 0.161. The highest BCUT2D eigenvalue weighted by atomic mass is 32.1. The van der Waals surface area contributed by atoms with Gasteiger partial charge in [-0.2, -0.15) is 0 Å². The maximum atomic E-state index is 14.0. The van der Waals surface area contributed by atoms with Gasteiger partial charge in [0, 0.05) is 15.8 Å². The van der Waals surface area contributed by atoms with Crippen LogP contribution >= 0.6 is 11.3 Å².